The minimum atomic E-state index is -5.07. The first-order valence-corrected chi connectivity index (χ1v) is 32.1. The van der Waals surface area contributed by atoms with Crippen LogP contribution >= 0.6 is 7.82 Å². The van der Waals surface area contributed by atoms with Crippen LogP contribution < -0.4 is 45.0 Å². The van der Waals surface area contributed by atoms with Gasteiger partial charge >= 0.3 is 7.82 Å². The zero-order valence-corrected chi connectivity index (χ0v) is 54.1. The zero-order valence-electron chi connectivity index (χ0n) is 53.3. The first kappa shape index (κ1) is 68.9. The number of phosphoric acid groups is 1. The zero-order chi connectivity index (χ0) is 66.7. The largest absolute Gasteiger partial charge is 0.472 e. The molecular formula is C62H90N13O14P. The number of benzene rings is 1. The summed E-state index contributed by atoms with van der Waals surface area (Å²) in [7, 11) is -5.07. The summed E-state index contributed by atoms with van der Waals surface area (Å²) in [5.41, 5.74) is 37.4. The lowest BCUT2D eigenvalue weighted by atomic mass is 9.55. The Morgan fingerprint density at radius 1 is 0.800 bits per heavy atom. The molecule has 0 aliphatic carbocycles. The number of imidazole rings is 1. The van der Waals surface area contributed by atoms with Gasteiger partial charge in [0.2, 0.25) is 41.4 Å². The van der Waals surface area contributed by atoms with E-state index < -0.39 is 143 Å². The van der Waals surface area contributed by atoms with Crippen molar-refractivity contribution < 1.29 is 67.0 Å². The van der Waals surface area contributed by atoms with Gasteiger partial charge in [-0.05, 0) is 108 Å². The Morgan fingerprint density at radius 2 is 1.40 bits per heavy atom. The van der Waals surface area contributed by atoms with Crippen LogP contribution in [0.15, 0.2) is 67.8 Å². The molecule has 1 aromatic carbocycles. The van der Waals surface area contributed by atoms with E-state index >= 15 is 0 Å². The lowest BCUT2D eigenvalue weighted by Crippen LogP contribution is -2.56. The van der Waals surface area contributed by atoms with E-state index in [0.717, 1.165) is 11.1 Å². The van der Waals surface area contributed by atoms with Crippen molar-refractivity contribution in [3.63, 3.8) is 0 Å². The number of nitrogens with zero attached hydrogens (tertiary/aromatic N) is 5. The van der Waals surface area contributed by atoms with Crippen molar-refractivity contribution in [2.45, 2.75) is 189 Å². The molecule has 0 spiro atoms. The Morgan fingerprint density at radius 3 is 1.99 bits per heavy atom. The molecule has 27 nitrogen and oxygen atoms in total. The van der Waals surface area contributed by atoms with Crippen LogP contribution in [0.3, 0.4) is 0 Å². The summed E-state index contributed by atoms with van der Waals surface area (Å²) < 4.78 is 32.3. The second kappa shape index (κ2) is 25.6. The van der Waals surface area contributed by atoms with Gasteiger partial charge in [0.25, 0.3) is 0 Å². The van der Waals surface area contributed by atoms with E-state index in [0.29, 0.717) is 56.4 Å². The van der Waals surface area contributed by atoms with Gasteiger partial charge in [0.15, 0.2) is 6.23 Å². The summed E-state index contributed by atoms with van der Waals surface area (Å²) in [6.45, 7) is 19.3. The lowest BCUT2D eigenvalue weighted by molar-refractivity contribution is -0.124. The van der Waals surface area contributed by atoms with E-state index in [4.69, 9.17) is 63.2 Å². The van der Waals surface area contributed by atoms with Gasteiger partial charge in [-0.3, -0.25) is 57.6 Å². The molecule has 2 aromatic rings. The number of amides is 7. The van der Waals surface area contributed by atoms with Crippen molar-refractivity contribution in [3.8, 4) is 0 Å². The van der Waals surface area contributed by atoms with Gasteiger partial charge in [0.05, 0.1) is 41.7 Å². The molecule has 2 saturated heterocycles. The van der Waals surface area contributed by atoms with Crippen molar-refractivity contribution in [2.24, 2.45) is 94.7 Å². The molecule has 8 bridgehead atoms. The molecule has 492 valence electrons. The number of carbonyl (C=O) groups is 7. The summed E-state index contributed by atoms with van der Waals surface area (Å²) >= 11 is 0. The molecule has 0 radical (unpaired) electrons. The molecule has 0 saturated carbocycles. The highest BCUT2D eigenvalue weighted by Gasteiger charge is 2.66. The van der Waals surface area contributed by atoms with Crippen molar-refractivity contribution in [1.82, 2.24) is 20.2 Å². The number of primary amides is 6. The Bertz CT molecular complexity index is 3540. The molecule has 7 amide bonds. The number of carbonyl (C=O) groups excluding carboxylic acids is 7. The fourth-order valence-electron chi connectivity index (χ4n) is 15.4. The number of fused-ring (bicyclic) bond motifs is 7. The highest BCUT2D eigenvalue weighted by molar-refractivity contribution is 7.47. The molecule has 2 unspecified atom stereocenters. The molecule has 6 aliphatic rings. The van der Waals surface area contributed by atoms with Crippen LogP contribution in [0.1, 0.15) is 150 Å². The van der Waals surface area contributed by atoms with Crippen LogP contribution in [0.2, 0.25) is 0 Å². The second-order valence-electron chi connectivity index (χ2n) is 27.1. The van der Waals surface area contributed by atoms with Gasteiger partial charge in [0.1, 0.15) is 18.3 Å². The maximum Gasteiger partial charge on any atom is 0.472 e. The molecule has 6 aliphatic heterocycles. The number of rotatable bonds is 26. The topological polar surface area (TPSA) is 460 Å². The third-order valence-electron chi connectivity index (χ3n) is 20.6. The van der Waals surface area contributed by atoms with Crippen LogP contribution in [0.4, 0.5) is 0 Å². The van der Waals surface area contributed by atoms with E-state index in [2.05, 4.69) is 15.6 Å². The molecular weight excluding hydrogens is 1180 g/mol. The fraction of sp³-hybridized carbons (Fsp3) is 0.629. The van der Waals surface area contributed by atoms with E-state index in [1.54, 1.807) is 4.57 Å². The number of aliphatic hydroxyl groups is 2. The van der Waals surface area contributed by atoms with Crippen LogP contribution in [-0.2, 0) is 51.9 Å². The van der Waals surface area contributed by atoms with Crippen molar-refractivity contribution in [2.75, 3.05) is 13.2 Å². The Kier molecular flexibility index (Phi) is 19.6. The Hall–Kier alpha value is -7.00. The quantitative estimate of drug-likeness (QED) is 0.0603. The van der Waals surface area contributed by atoms with Crippen molar-refractivity contribution >= 4 is 77.3 Å². The van der Waals surface area contributed by atoms with E-state index in [-0.39, 0.29) is 77.2 Å². The number of allylic oxidation sites excluding steroid dienone is 6. The van der Waals surface area contributed by atoms with Gasteiger partial charge in [-0.25, -0.2) is 9.55 Å². The van der Waals surface area contributed by atoms with E-state index in [1.807, 2.05) is 87.4 Å². The Balaban J connectivity index is 1.19. The van der Waals surface area contributed by atoms with E-state index in [1.165, 1.54) is 13.3 Å². The molecule has 28 heteroatoms. The van der Waals surface area contributed by atoms with Crippen molar-refractivity contribution in [1.29, 1.82) is 0 Å². The standard InChI is InChI=1S/C62H90N13O14P/c1-29-20-39-40(21-30(29)2)75(28-70-39)57-52(84)53(41(27-76)87-57)89-90(85,86)88-31(3)26-69-49(83)18-19-59(8)37(22-46(66)80)56-62(11)61(10,25-48(68)82)36(14-17-45(65)79)51(74-62)33(5)55-60(9,24-47(67)81)34(12-15-43(63)77)38(71-55)23-42-58(6,7)35(13-16-44(64)78)50(72-42)32(4)54(59)73-56/h20-21,23,28,31,34-37,41,52-53,56-57,71,76,84H,12-19,22,24-27H2,1-11H3,(H2,63,77)(H2,64,78)(H2,65,79)(H2,66,80)(H2,67,81)(H2,68,82)(H,69,83)(H,85,86)/b38-23?,50-32?,55-33-/t31-,34+,35+,36+,37-,41+,52+,53?,56+,57-,59+,60-,61-,62-/m0/s1. The number of aliphatic imine (C=N–C) groups is 3. The minimum absolute atomic E-state index is 0.0114. The van der Waals surface area contributed by atoms with Crippen molar-refractivity contribution in [3.05, 3.63) is 63.9 Å². The summed E-state index contributed by atoms with van der Waals surface area (Å²) in [5, 5.41) is 28.2. The summed E-state index contributed by atoms with van der Waals surface area (Å²) in [4.78, 5) is 126. The van der Waals surface area contributed by atoms with Crippen LogP contribution in [-0.4, -0.2) is 132 Å². The maximum atomic E-state index is 14.4. The summed E-state index contributed by atoms with van der Waals surface area (Å²) in [5.74, 6) is -7.18. The maximum absolute atomic E-state index is 14.4. The minimum Gasteiger partial charge on any atom is -0.394 e. The number of nitrogens with two attached hydrogens (primary N) is 6. The monoisotopic (exact) mass is 1270 g/mol. The average molecular weight is 1270 g/mol. The Labute approximate surface area is 523 Å². The summed E-state index contributed by atoms with van der Waals surface area (Å²) in [6, 6.07) is 2.70. The second-order valence-corrected chi connectivity index (χ2v) is 28.4. The highest BCUT2D eigenvalue weighted by Crippen LogP contribution is 2.63. The number of phosphoric ester groups is 1. The molecule has 8 rings (SSSR count). The number of nitrogens with one attached hydrogen (secondary N) is 2. The first-order valence-electron chi connectivity index (χ1n) is 30.6. The number of hydrogen-bond acceptors (Lipinski definition) is 18. The van der Waals surface area contributed by atoms with Gasteiger partial charge in [0, 0.05) is 131 Å². The third kappa shape index (κ3) is 13.0. The van der Waals surface area contributed by atoms with E-state index in [9.17, 15) is 53.2 Å². The number of aliphatic hydroxyl groups excluding tert-OH is 2. The molecule has 17 N–H and O–H groups in total. The average Bonchev–Trinajstić information content (AvgIpc) is 1.53. The molecule has 1 aromatic heterocycles. The molecule has 7 heterocycles. The van der Waals surface area contributed by atoms with Crippen LogP contribution in [0, 0.1) is 59.2 Å². The van der Waals surface area contributed by atoms with Gasteiger partial charge in [-0.1, -0.05) is 34.6 Å². The normalized spacial score (nSPS) is 32.8. The smallest absolute Gasteiger partial charge is 0.394 e. The number of aryl methyl sites for hydroxylation is 2. The van der Waals surface area contributed by atoms with Gasteiger partial charge < -0.3 is 69.4 Å². The SMILES string of the molecule is CC1=C2N=C(C=C3N/C(=C(/C)C4=N[C@@](C)([C@@H]5N=C1[C@](C)(CCC(=O)NC[C@H](C)OP(=O)(O)OC1[C@@H](O)[C@@H](n6cnc7cc(C)c(C)cc76)O[C@@H]1CO)[C@H]5CC(N)=O)[C@@](C)(CC(N)=O)[C@@H]4CCC(N)=O)[C@@](C)(CC(N)=O)[C@@H]3CCC(N)=O)C(C)(C)[C@@H]2CCC(N)=O. The predicted molar refractivity (Wildman–Crippen MR) is 334 cm³/mol. The third-order valence-corrected chi connectivity index (χ3v) is 21.7. The predicted octanol–water partition coefficient (Wildman–Crippen LogP) is 3.16. The fourth-order valence-corrected chi connectivity index (χ4v) is 16.6. The first-order chi connectivity index (χ1) is 41.8. The highest BCUT2D eigenvalue weighted by atomic mass is 31.2. The molecule has 15 atom stereocenters. The number of aromatic nitrogens is 2. The van der Waals surface area contributed by atoms with Crippen LogP contribution in [0.5, 0.6) is 0 Å². The number of hydrogen-bond donors (Lipinski definition) is 11. The lowest BCUT2D eigenvalue weighted by Gasteiger charge is -2.48. The summed E-state index contributed by atoms with van der Waals surface area (Å²) in [6.07, 6.45) is -4.26. The number of ether oxygens (including phenoxy) is 1. The van der Waals surface area contributed by atoms with Gasteiger partial charge in [-0.15, -0.1) is 0 Å². The molecule has 90 heavy (non-hydrogen) atoms. The molecule has 2 fully saturated rings. The van der Waals surface area contributed by atoms with Gasteiger partial charge in [-0.2, -0.15) is 0 Å². The van der Waals surface area contributed by atoms with Crippen LogP contribution in [0.25, 0.3) is 11.0 Å².